The molecule has 1 aromatic heterocycles. The molecule has 0 aliphatic heterocycles. The topological polar surface area (TPSA) is 112 Å². The zero-order valence-electron chi connectivity index (χ0n) is 20.1. The lowest BCUT2D eigenvalue weighted by Gasteiger charge is -2.27. The van der Waals surface area contributed by atoms with Crippen LogP contribution in [-0.2, 0) is 21.1 Å². The Bertz CT molecular complexity index is 1330. The third kappa shape index (κ3) is 5.59. The summed E-state index contributed by atoms with van der Waals surface area (Å²) in [6.07, 6.45) is 4.32. The minimum absolute atomic E-state index is 0.190. The predicted octanol–water partition coefficient (Wildman–Crippen LogP) is 4.31. The Morgan fingerprint density at radius 2 is 2.03 bits per heavy atom. The summed E-state index contributed by atoms with van der Waals surface area (Å²) >= 11 is 0. The van der Waals surface area contributed by atoms with Crippen molar-refractivity contribution in [1.82, 2.24) is 14.7 Å². The van der Waals surface area contributed by atoms with Crippen LogP contribution in [0, 0.1) is 0 Å². The van der Waals surface area contributed by atoms with E-state index in [1.54, 1.807) is 39.2 Å². The van der Waals surface area contributed by atoms with Gasteiger partial charge in [0, 0.05) is 17.5 Å². The van der Waals surface area contributed by atoms with Crippen LogP contribution in [0.25, 0.3) is 10.9 Å². The molecule has 1 amide bonds. The summed E-state index contributed by atoms with van der Waals surface area (Å²) in [6.45, 7) is 3.71. The number of methoxy groups -OCH3 is 1. The second-order valence-corrected chi connectivity index (χ2v) is 10.5. The van der Waals surface area contributed by atoms with Gasteiger partial charge in [-0.25, -0.2) is 23.7 Å². The summed E-state index contributed by atoms with van der Waals surface area (Å²) in [5.41, 5.74) is 1.52. The third-order valence-electron chi connectivity index (χ3n) is 5.85. The van der Waals surface area contributed by atoms with Crippen molar-refractivity contribution in [3.05, 3.63) is 48.3 Å². The zero-order valence-corrected chi connectivity index (χ0v) is 20.9. The molecule has 3 aromatic rings. The molecule has 1 aliphatic carbocycles. The standard InChI is InChI=1S/C25H30N4O5S/c1-4-33-25(30)29-35(31,5-2)19-11-6-8-17(12-19)15-34-23-14-21-20(13-22(23)32-3)24(27-16-26-21)28-18-9-7-10-18/h5-6,8,11-14,16,18H,4,7,9-10,15H2,1-3H3,(H,26,27,28)(H,29,30,31). The SMILES string of the molecule is CC=S(=O)(NC(=O)OCC)c1cccc(COc2cc3ncnc(NC4CCC4)c3cc2OC)c1. The molecule has 0 spiro atoms. The van der Waals surface area contributed by atoms with Gasteiger partial charge in [-0.3, -0.25) is 0 Å². The number of carbonyl (C=O) groups is 1. The highest BCUT2D eigenvalue weighted by Crippen LogP contribution is 2.35. The van der Waals surface area contributed by atoms with E-state index >= 15 is 0 Å². The normalized spacial score (nSPS) is 14.9. The average molecular weight is 499 g/mol. The Morgan fingerprint density at radius 1 is 1.20 bits per heavy atom. The highest BCUT2D eigenvalue weighted by Gasteiger charge is 2.20. The van der Waals surface area contributed by atoms with E-state index in [2.05, 4.69) is 20.0 Å². The molecule has 1 aliphatic rings. The maximum Gasteiger partial charge on any atom is 0.418 e. The summed E-state index contributed by atoms with van der Waals surface area (Å²) < 4.78 is 32.3. The Balaban J connectivity index is 1.55. The molecular weight excluding hydrogens is 468 g/mol. The minimum Gasteiger partial charge on any atom is -0.493 e. The molecule has 35 heavy (non-hydrogen) atoms. The van der Waals surface area contributed by atoms with Crippen LogP contribution >= 0.6 is 0 Å². The molecule has 10 heteroatoms. The van der Waals surface area contributed by atoms with Crippen LogP contribution in [0.4, 0.5) is 10.6 Å². The first-order valence-corrected chi connectivity index (χ1v) is 13.2. The van der Waals surface area contributed by atoms with Crippen molar-refractivity contribution >= 4 is 37.9 Å². The minimum atomic E-state index is -2.94. The van der Waals surface area contributed by atoms with Gasteiger partial charge in [-0.1, -0.05) is 12.1 Å². The van der Waals surface area contributed by atoms with Crippen molar-refractivity contribution in [2.24, 2.45) is 0 Å². The lowest BCUT2D eigenvalue weighted by Crippen LogP contribution is -2.32. The number of carbonyl (C=O) groups excluding carboxylic acids is 1. The average Bonchev–Trinajstić information content (AvgIpc) is 2.84. The van der Waals surface area contributed by atoms with E-state index in [9.17, 15) is 9.00 Å². The number of nitrogens with zero attached hydrogens (tertiary/aromatic N) is 2. The van der Waals surface area contributed by atoms with Gasteiger partial charge >= 0.3 is 6.09 Å². The molecule has 2 N–H and O–H groups in total. The smallest absolute Gasteiger partial charge is 0.418 e. The molecule has 9 nitrogen and oxygen atoms in total. The second-order valence-electron chi connectivity index (χ2n) is 8.11. The maximum atomic E-state index is 13.3. The second kappa shape index (κ2) is 10.8. The first-order valence-electron chi connectivity index (χ1n) is 11.5. The van der Waals surface area contributed by atoms with Gasteiger partial charge in [-0.05, 0) is 62.2 Å². The number of amides is 1. The molecule has 0 bridgehead atoms. The van der Waals surface area contributed by atoms with Gasteiger partial charge in [0.15, 0.2) is 11.5 Å². The fourth-order valence-electron chi connectivity index (χ4n) is 3.72. The van der Waals surface area contributed by atoms with E-state index in [0.29, 0.717) is 22.4 Å². The van der Waals surface area contributed by atoms with Gasteiger partial charge in [-0.2, -0.15) is 0 Å². The van der Waals surface area contributed by atoms with Crippen molar-refractivity contribution < 1.29 is 23.2 Å². The van der Waals surface area contributed by atoms with Crippen LogP contribution in [0.1, 0.15) is 38.7 Å². The number of hydrogen-bond acceptors (Lipinski definition) is 8. The molecule has 186 valence electrons. The number of anilines is 1. The number of fused-ring (bicyclic) bond motifs is 1. The van der Waals surface area contributed by atoms with Crippen molar-refractivity contribution in [2.75, 3.05) is 19.0 Å². The van der Waals surface area contributed by atoms with Gasteiger partial charge in [0.1, 0.15) is 18.8 Å². The Kier molecular flexibility index (Phi) is 7.60. The lowest BCUT2D eigenvalue weighted by atomic mass is 9.93. The molecule has 1 unspecified atom stereocenters. The first-order chi connectivity index (χ1) is 17.0. The number of aromatic nitrogens is 2. The van der Waals surface area contributed by atoms with Gasteiger partial charge in [0.25, 0.3) is 0 Å². The van der Waals surface area contributed by atoms with E-state index in [-0.39, 0.29) is 13.2 Å². The molecule has 4 rings (SSSR count). The molecule has 0 saturated heterocycles. The molecule has 1 heterocycles. The van der Waals surface area contributed by atoms with E-state index < -0.39 is 15.8 Å². The van der Waals surface area contributed by atoms with Crippen LogP contribution in [-0.4, -0.2) is 45.4 Å². The number of nitrogens with one attached hydrogen (secondary N) is 2. The maximum absolute atomic E-state index is 13.3. The van der Waals surface area contributed by atoms with Crippen LogP contribution in [0.3, 0.4) is 0 Å². The Labute approximate surface area is 205 Å². The molecular formula is C25H30N4O5S. The summed E-state index contributed by atoms with van der Waals surface area (Å²) in [5, 5.41) is 5.81. The molecule has 1 atom stereocenters. The number of ether oxygens (including phenoxy) is 3. The molecule has 2 aromatic carbocycles. The highest BCUT2D eigenvalue weighted by atomic mass is 32.2. The highest BCUT2D eigenvalue weighted by molar-refractivity contribution is 8.00. The monoisotopic (exact) mass is 498 g/mol. The van der Waals surface area contributed by atoms with Crippen LogP contribution in [0.2, 0.25) is 0 Å². The zero-order chi connectivity index (χ0) is 24.8. The van der Waals surface area contributed by atoms with Crippen molar-refractivity contribution in [2.45, 2.75) is 50.7 Å². The molecule has 0 radical (unpaired) electrons. The van der Waals surface area contributed by atoms with Crippen LogP contribution < -0.4 is 19.5 Å². The van der Waals surface area contributed by atoms with Crippen LogP contribution in [0.5, 0.6) is 11.5 Å². The number of benzene rings is 2. The Morgan fingerprint density at radius 3 is 2.71 bits per heavy atom. The van der Waals surface area contributed by atoms with E-state index in [0.717, 1.165) is 35.1 Å². The van der Waals surface area contributed by atoms with Gasteiger partial charge in [0.2, 0.25) is 0 Å². The number of hydrogen-bond donors (Lipinski definition) is 2. The van der Waals surface area contributed by atoms with Gasteiger partial charge in [-0.15, -0.1) is 0 Å². The molecule has 1 saturated carbocycles. The molecule has 1 fully saturated rings. The fourth-order valence-corrected chi connectivity index (χ4v) is 5.14. The van der Waals surface area contributed by atoms with Crippen molar-refractivity contribution in [3.63, 3.8) is 0 Å². The lowest BCUT2D eigenvalue weighted by molar-refractivity contribution is 0.159. The summed E-state index contributed by atoms with van der Waals surface area (Å²) in [6, 6.07) is 11.2. The van der Waals surface area contributed by atoms with E-state index in [1.807, 2.05) is 18.2 Å². The van der Waals surface area contributed by atoms with Gasteiger partial charge in [0.05, 0.1) is 33.8 Å². The Hall–Kier alpha value is -3.53. The van der Waals surface area contributed by atoms with E-state index in [1.165, 1.54) is 18.1 Å². The van der Waals surface area contributed by atoms with Gasteiger partial charge < -0.3 is 19.5 Å². The largest absolute Gasteiger partial charge is 0.493 e. The summed E-state index contributed by atoms with van der Waals surface area (Å²) in [4.78, 5) is 21.2. The fraction of sp³-hybridized carbons (Fsp3) is 0.360. The quantitative estimate of drug-likeness (QED) is 0.420. The number of rotatable bonds is 9. The van der Waals surface area contributed by atoms with Crippen LogP contribution in [0.15, 0.2) is 47.6 Å². The predicted molar refractivity (Wildman–Crippen MR) is 136 cm³/mol. The third-order valence-corrected chi connectivity index (χ3v) is 7.94. The van der Waals surface area contributed by atoms with E-state index in [4.69, 9.17) is 14.2 Å². The van der Waals surface area contributed by atoms with Crippen molar-refractivity contribution in [1.29, 1.82) is 0 Å². The van der Waals surface area contributed by atoms with Crippen molar-refractivity contribution in [3.8, 4) is 11.5 Å². The summed E-state index contributed by atoms with van der Waals surface area (Å²) in [5.74, 6) is 1.89. The summed E-state index contributed by atoms with van der Waals surface area (Å²) in [7, 11) is -1.35. The first kappa shape index (κ1) is 24.6.